The van der Waals surface area contributed by atoms with E-state index in [0.717, 1.165) is 20.7 Å². The van der Waals surface area contributed by atoms with E-state index in [1.54, 1.807) is 6.07 Å². The van der Waals surface area contributed by atoms with Crippen LogP contribution < -0.4 is 5.73 Å². The summed E-state index contributed by atoms with van der Waals surface area (Å²) >= 11 is 4.46. The molecule has 0 aromatic carbocycles. The van der Waals surface area contributed by atoms with Gasteiger partial charge in [-0.05, 0) is 40.9 Å². The second kappa shape index (κ2) is 6.69. The van der Waals surface area contributed by atoms with Crippen LogP contribution in [-0.2, 0) is 10.0 Å². The normalized spacial score (nSPS) is 13.2. The van der Waals surface area contributed by atoms with Gasteiger partial charge in [-0.25, -0.2) is 8.42 Å². The fraction of sp³-hybridized carbons (Fsp3) is 0.500. The molecular weight excluding hydrogens is 354 g/mol. The van der Waals surface area contributed by atoms with Gasteiger partial charge in [0, 0.05) is 6.54 Å². The fourth-order valence-electron chi connectivity index (χ4n) is 1.43. The monoisotopic (exact) mass is 369 g/mol. The number of aryl methyl sites for hydroxylation is 1. The first-order valence-electron chi connectivity index (χ1n) is 5.55. The Labute approximate surface area is 125 Å². The highest BCUT2D eigenvalue weighted by Crippen LogP contribution is 2.32. The van der Waals surface area contributed by atoms with Crippen LogP contribution in [0.4, 0.5) is 0 Å². The molecule has 0 unspecified atom stereocenters. The molecule has 1 aromatic rings. The van der Waals surface area contributed by atoms with Crippen molar-refractivity contribution in [1.29, 1.82) is 0 Å². The number of hydrogen-bond donors (Lipinski definition) is 2. The molecule has 0 amide bonds. The molecule has 1 aromatic heterocycles. The highest BCUT2D eigenvalue weighted by atomic mass is 79.9. The topological polar surface area (TPSA) is 96.0 Å². The average molecular weight is 370 g/mol. The maximum atomic E-state index is 12.5. The number of rotatable bonds is 6. The Morgan fingerprint density at radius 2 is 2.26 bits per heavy atom. The zero-order valence-corrected chi connectivity index (χ0v) is 13.8. The van der Waals surface area contributed by atoms with Crippen molar-refractivity contribution in [2.24, 2.45) is 10.9 Å². The molecule has 0 atom stereocenters. The van der Waals surface area contributed by atoms with Gasteiger partial charge in [0.25, 0.3) is 10.0 Å². The number of nitrogens with two attached hydrogens (primary N) is 1. The summed E-state index contributed by atoms with van der Waals surface area (Å²) in [5.74, 6) is -0.135. The number of thiophene rings is 1. The molecule has 0 fully saturated rings. The Kier molecular flexibility index (Phi) is 5.78. The zero-order valence-electron chi connectivity index (χ0n) is 10.6. The number of hydrogen-bond acceptors (Lipinski definition) is 5. The van der Waals surface area contributed by atoms with Crippen molar-refractivity contribution in [1.82, 2.24) is 4.31 Å². The van der Waals surface area contributed by atoms with Gasteiger partial charge in [0.05, 0.1) is 10.3 Å². The van der Waals surface area contributed by atoms with Crippen LogP contribution in [-0.4, -0.2) is 36.9 Å². The number of sulfonamides is 1. The van der Waals surface area contributed by atoms with Crippen LogP contribution in [0.1, 0.15) is 18.9 Å². The van der Waals surface area contributed by atoms with Crippen molar-refractivity contribution in [2.75, 3.05) is 13.1 Å². The second-order valence-electron chi connectivity index (χ2n) is 3.95. The van der Waals surface area contributed by atoms with Gasteiger partial charge < -0.3 is 10.9 Å². The summed E-state index contributed by atoms with van der Waals surface area (Å²) in [5, 5.41) is 11.4. The summed E-state index contributed by atoms with van der Waals surface area (Å²) in [6.07, 6.45) is 0.642. The minimum absolute atomic E-state index is 0.124. The molecule has 19 heavy (non-hydrogen) atoms. The molecule has 0 bridgehead atoms. The highest BCUT2D eigenvalue weighted by Gasteiger charge is 2.27. The third kappa shape index (κ3) is 3.91. The molecule has 3 N–H and O–H groups in total. The Balaban J connectivity index is 3.12. The van der Waals surface area contributed by atoms with Gasteiger partial charge in [0.2, 0.25) is 0 Å². The number of halogens is 1. The maximum Gasteiger partial charge on any atom is 0.253 e. The van der Waals surface area contributed by atoms with Crippen molar-refractivity contribution in [3.63, 3.8) is 0 Å². The van der Waals surface area contributed by atoms with Crippen LogP contribution >= 0.6 is 27.3 Å². The van der Waals surface area contributed by atoms with Gasteiger partial charge in [0.1, 0.15) is 4.21 Å². The number of oxime groups is 1. The lowest BCUT2D eigenvalue weighted by Crippen LogP contribution is -2.38. The van der Waals surface area contributed by atoms with Crippen LogP contribution in [0.25, 0.3) is 0 Å². The average Bonchev–Trinajstić information content (AvgIpc) is 2.69. The highest BCUT2D eigenvalue weighted by molar-refractivity contribution is 9.11. The Hall–Kier alpha value is -0.640. The third-order valence-corrected chi connectivity index (χ3v) is 6.80. The Morgan fingerprint density at radius 3 is 2.68 bits per heavy atom. The summed E-state index contributed by atoms with van der Waals surface area (Å²) in [7, 11) is -3.62. The molecule has 0 radical (unpaired) electrons. The van der Waals surface area contributed by atoms with Gasteiger partial charge >= 0.3 is 0 Å². The van der Waals surface area contributed by atoms with E-state index in [1.807, 2.05) is 13.8 Å². The number of nitrogens with zero attached hydrogens (tertiary/aromatic N) is 2. The zero-order chi connectivity index (χ0) is 14.6. The Bertz CT molecular complexity index is 549. The SMILES string of the molecule is CCCN(CC(N)=NO)S(=O)(=O)c1cc(C)c(Br)s1. The van der Waals surface area contributed by atoms with E-state index in [-0.39, 0.29) is 16.6 Å². The lowest BCUT2D eigenvalue weighted by Gasteiger charge is -2.19. The molecule has 0 aliphatic heterocycles. The molecule has 6 nitrogen and oxygen atoms in total. The van der Waals surface area contributed by atoms with E-state index >= 15 is 0 Å². The van der Waals surface area contributed by atoms with Crippen molar-refractivity contribution >= 4 is 43.1 Å². The van der Waals surface area contributed by atoms with Gasteiger partial charge in [-0.1, -0.05) is 12.1 Å². The van der Waals surface area contributed by atoms with Crippen molar-refractivity contribution in [3.8, 4) is 0 Å². The van der Waals surface area contributed by atoms with Crippen LogP contribution in [0.2, 0.25) is 0 Å². The first kappa shape index (κ1) is 16.4. The predicted molar refractivity (Wildman–Crippen MR) is 79.2 cm³/mol. The summed E-state index contributed by atoms with van der Waals surface area (Å²) in [6, 6.07) is 1.61. The van der Waals surface area contributed by atoms with Gasteiger partial charge in [0.15, 0.2) is 5.84 Å². The van der Waals surface area contributed by atoms with Gasteiger partial charge in [-0.2, -0.15) is 4.31 Å². The molecule has 108 valence electrons. The standard InChI is InChI=1S/C10H16BrN3O3S2/c1-3-4-14(6-8(12)13-15)19(16,17)9-5-7(2)10(11)18-9/h5,15H,3-4,6H2,1-2H3,(H2,12,13). The molecule has 0 spiro atoms. The van der Waals surface area contributed by atoms with Crippen LogP contribution in [0.5, 0.6) is 0 Å². The molecular formula is C10H16BrN3O3S2. The second-order valence-corrected chi connectivity index (χ2v) is 8.49. The van der Waals surface area contributed by atoms with Crippen molar-refractivity contribution < 1.29 is 13.6 Å². The Morgan fingerprint density at radius 1 is 1.63 bits per heavy atom. The third-order valence-electron chi connectivity index (χ3n) is 2.37. The quantitative estimate of drug-likeness (QED) is 0.346. The van der Waals surface area contributed by atoms with E-state index in [1.165, 1.54) is 4.31 Å². The summed E-state index contributed by atoms with van der Waals surface area (Å²) in [4.78, 5) is 0. The maximum absolute atomic E-state index is 12.5. The van der Waals surface area contributed by atoms with Gasteiger partial charge in [-0.3, -0.25) is 0 Å². The van der Waals surface area contributed by atoms with E-state index < -0.39 is 10.0 Å². The summed E-state index contributed by atoms with van der Waals surface area (Å²) < 4.78 is 27.2. The van der Waals surface area contributed by atoms with Crippen LogP contribution in [0.15, 0.2) is 19.2 Å². The smallest absolute Gasteiger partial charge is 0.253 e. The molecule has 0 aliphatic carbocycles. The van der Waals surface area contributed by atoms with Crippen molar-refractivity contribution in [2.45, 2.75) is 24.5 Å². The molecule has 0 saturated carbocycles. The minimum Gasteiger partial charge on any atom is -0.409 e. The molecule has 9 heteroatoms. The fourth-order valence-corrected chi connectivity index (χ4v) is 5.32. The lowest BCUT2D eigenvalue weighted by molar-refractivity contribution is 0.314. The molecule has 0 aliphatic rings. The first-order valence-corrected chi connectivity index (χ1v) is 8.60. The van der Waals surface area contributed by atoms with Crippen molar-refractivity contribution in [3.05, 3.63) is 15.4 Å². The summed E-state index contributed by atoms with van der Waals surface area (Å²) in [6.45, 7) is 3.88. The largest absolute Gasteiger partial charge is 0.409 e. The predicted octanol–water partition coefficient (Wildman–Crippen LogP) is 1.97. The first-order chi connectivity index (χ1) is 8.82. The van der Waals surface area contributed by atoms with E-state index in [0.29, 0.717) is 13.0 Å². The summed E-state index contributed by atoms with van der Waals surface area (Å²) in [5.41, 5.74) is 6.27. The molecule has 1 rings (SSSR count). The lowest BCUT2D eigenvalue weighted by atomic mass is 10.4. The molecule has 0 saturated heterocycles. The van der Waals surface area contributed by atoms with Crippen LogP contribution in [0, 0.1) is 6.92 Å². The molecule has 1 heterocycles. The van der Waals surface area contributed by atoms with E-state index in [4.69, 9.17) is 10.9 Å². The van der Waals surface area contributed by atoms with Crippen LogP contribution in [0.3, 0.4) is 0 Å². The number of amidine groups is 1. The van der Waals surface area contributed by atoms with Gasteiger partial charge in [-0.15, -0.1) is 11.3 Å². The van der Waals surface area contributed by atoms with E-state index in [2.05, 4.69) is 21.1 Å². The van der Waals surface area contributed by atoms with E-state index in [9.17, 15) is 8.42 Å². The minimum atomic E-state index is -3.62.